The molecule has 0 atom stereocenters. The molecule has 6 nitrogen and oxygen atoms in total. The zero-order valence-electron chi connectivity index (χ0n) is 12.3. The minimum atomic E-state index is -0.461. The molecule has 0 radical (unpaired) electrons. The van der Waals surface area contributed by atoms with E-state index in [-0.39, 0.29) is 5.69 Å². The van der Waals surface area contributed by atoms with E-state index in [4.69, 9.17) is 16.3 Å². The molecule has 3 heterocycles. The van der Waals surface area contributed by atoms with Crippen LogP contribution in [0.5, 0.6) is 0 Å². The number of pyridine rings is 1. The van der Waals surface area contributed by atoms with Crippen molar-refractivity contribution in [1.29, 1.82) is 0 Å². The molecule has 1 aliphatic heterocycles. The van der Waals surface area contributed by atoms with E-state index in [1.807, 2.05) is 17.9 Å². The Balaban J connectivity index is 2.05. The number of carbonyl (C=O) groups is 1. The fraction of sp³-hybridized carbons (Fsp3) is 0.333. The summed E-state index contributed by atoms with van der Waals surface area (Å²) in [6, 6.07) is 5.24. The number of carbonyl (C=O) groups excluding carboxylic acids is 1. The van der Waals surface area contributed by atoms with Crippen molar-refractivity contribution in [1.82, 2.24) is 15.2 Å². The van der Waals surface area contributed by atoms with Crippen LogP contribution in [0.15, 0.2) is 18.2 Å². The zero-order chi connectivity index (χ0) is 15.7. The Kier molecular flexibility index (Phi) is 3.94. The van der Waals surface area contributed by atoms with E-state index in [1.165, 1.54) is 7.11 Å². The van der Waals surface area contributed by atoms with Gasteiger partial charge in [-0.3, -0.25) is 0 Å². The van der Waals surface area contributed by atoms with E-state index in [9.17, 15) is 4.79 Å². The molecule has 2 aromatic heterocycles. The molecule has 0 aromatic carbocycles. The molecule has 2 aromatic rings. The lowest BCUT2D eigenvalue weighted by Crippen LogP contribution is -2.28. The number of methoxy groups -OCH3 is 1. The van der Waals surface area contributed by atoms with Crippen LogP contribution in [0.3, 0.4) is 0 Å². The van der Waals surface area contributed by atoms with Gasteiger partial charge in [0.25, 0.3) is 0 Å². The summed E-state index contributed by atoms with van der Waals surface area (Å²) in [5.41, 5.74) is 2.29. The van der Waals surface area contributed by atoms with E-state index in [1.54, 1.807) is 12.1 Å². The number of hydrogen-bond donors (Lipinski definition) is 0. The first-order chi connectivity index (χ1) is 10.6. The highest BCUT2D eigenvalue weighted by Gasteiger charge is 2.24. The Morgan fingerprint density at radius 3 is 2.95 bits per heavy atom. The molecule has 0 saturated heterocycles. The molecule has 1 aliphatic rings. The summed E-state index contributed by atoms with van der Waals surface area (Å²) in [6.45, 7) is 2.71. The molecular formula is C15H15ClN4O2. The number of halogens is 1. The molecule has 0 bridgehead atoms. The van der Waals surface area contributed by atoms with Gasteiger partial charge in [-0.25, -0.2) is 9.78 Å². The highest BCUT2D eigenvalue weighted by Crippen LogP contribution is 2.33. The van der Waals surface area contributed by atoms with Gasteiger partial charge in [0.2, 0.25) is 0 Å². The third-order valence-electron chi connectivity index (χ3n) is 3.73. The van der Waals surface area contributed by atoms with Crippen molar-refractivity contribution in [3.8, 4) is 0 Å². The summed E-state index contributed by atoms with van der Waals surface area (Å²) < 4.78 is 4.72. The van der Waals surface area contributed by atoms with Crippen molar-refractivity contribution in [3.05, 3.63) is 40.2 Å². The molecular weight excluding hydrogens is 304 g/mol. The minimum Gasteiger partial charge on any atom is -0.464 e. The van der Waals surface area contributed by atoms with E-state index < -0.39 is 5.97 Å². The van der Waals surface area contributed by atoms with Crippen molar-refractivity contribution in [2.24, 2.45) is 0 Å². The number of aromatic nitrogens is 3. The quantitative estimate of drug-likeness (QED) is 0.793. The van der Waals surface area contributed by atoms with Crippen LogP contribution >= 0.6 is 11.6 Å². The Labute approximate surface area is 133 Å². The molecule has 0 N–H and O–H groups in total. The second-order valence-electron chi connectivity index (χ2n) is 5.05. The van der Waals surface area contributed by atoms with Crippen LogP contribution in [0.25, 0.3) is 0 Å². The monoisotopic (exact) mass is 318 g/mol. The van der Waals surface area contributed by atoms with Crippen molar-refractivity contribution >= 4 is 29.2 Å². The van der Waals surface area contributed by atoms with E-state index in [0.717, 1.165) is 36.3 Å². The highest BCUT2D eigenvalue weighted by molar-refractivity contribution is 6.30. The SMILES string of the molecule is COC(=O)c1cccc(N2CCCc3c2nnc(Cl)c3C)n1. The summed E-state index contributed by atoms with van der Waals surface area (Å²) >= 11 is 6.06. The van der Waals surface area contributed by atoms with Gasteiger partial charge in [0, 0.05) is 12.1 Å². The topological polar surface area (TPSA) is 68.2 Å². The van der Waals surface area contributed by atoms with Crippen molar-refractivity contribution in [3.63, 3.8) is 0 Å². The maximum Gasteiger partial charge on any atom is 0.356 e. The number of anilines is 2. The van der Waals surface area contributed by atoms with Gasteiger partial charge in [-0.15, -0.1) is 10.2 Å². The maximum absolute atomic E-state index is 11.6. The average Bonchev–Trinajstić information content (AvgIpc) is 2.57. The second-order valence-corrected chi connectivity index (χ2v) is 5.40. The minimum absolute atomic E-state index is 0.269. The predicted molar refractivity (Wildman–Crippen MR) is 82.7 cm³/mol. The molecule has 22 heavy (non-hydrogen) atoms. The van der Waals surface area contributed by atoms with Crippen LogP contribution in [0, 0.1) is 6.92 Å². The van der Waals surface area contributed by atoms with Crippen LogP contribution < -0.4 is 4.90 Å². The maximum atomic E-state index is 11.6. The van der Waals surface area contributed by atoms with Gasteiger partial charge in [-0.1, -0.05) is 17.7 Å². The number of nitrogens with zero attached hydrogens (tertiary/aromatic N) is 4. The van der Waals surface area contributed by atoms with Gasteiger partial charge >= 0.3 is 5.97 Å². The van der Waals surface area contributed by atoms with Crippen LogP contribution in [-0.2, 0) is 11.2 Å². The smallest absolute Gasteiger partial charge is 0.356 e. The van der Waals surface area contributed by atoms with Gasteiger partial charge in [-0.05, 0) is 37.5 Å². The lowest BCUT2D eigenvalue weighted by Gasteiger charge is -2.29. The average molecular weight is 319 g/mol. The summed E-state index contributed by atoms with van der Waals surface area (Å²) in [5, 5.41) is 8.64. The summed E-state index contributed by atoms with van der Waals surface area (Å²) in [6.07, 6.45) is 1.86. The largest absolute Gasteiger partial charge is 0.464 e. The molecule has 0 saturated carbocycles. The second kappa shape index (κ2) is 5.88. The zero-order valence-corrected chi connectivity index (χ0v) is 13.1. The molecule has 0 aliphatic carbocycles. The molecule has 0 fully saturated rings. The fourth-order valence-electron chi connectivity index (χ4n) is 2.57. The number of rotatable bonds is 2. The molecule has 7 heteroatoms. The lowest BCUT2D eigenvalue weighted by atomic mass is 10.0. The van der Waals surface area contributed by atoms with Gasteiger partial charge in [0.15, 0.2) is 16.7 Å². The Morgan fingerprint density at radius 1 is 1.36 bits per heavy atom. The molecule has 3 rings (SSSR count). The molecule has 0 unspecified atom stereocenters. The fourth-order valence-corrected chi connectivity index (χ4v) is 2.72. The Hall–Kier alpha value is -2.21. The predicted octanol–water partition coefficient (Wildman–Crippen LogP) is 2.70. The first-order valence-electron chi connectivity index (χ1n) is 6.96. The van der Waals surface area contributed by atoms with Crippen LogP contribution in [0.4, 0.5) is 11.6 Å². The summed E-state index contributed by atoms with van der Waals surface area (Å²) in [4.78, 5) is 18.0. The lowest BCUT2D eigenvalue weighted by molar-refractivity contribution is 0.0594. The Bertz CT molecular complexity index is 735. The molecule has 114 valence electrons. The van der Waals surface area contributed by atoms with Gasteiger partial charge in [0.1, 0.15) is 5.82 Å². The number of esters is 1. The van der Waals surface area contributed by atoms with E-state index >= 15 is 0 Å². The third kappa shape index (κ3) is 2.50. The summed E-state index contributed by atoms with van der Waals surface area (Å²) in [5.74, 6) is 0.944. The summed E-state index contributed by atoms with van der Waals surface area (Å²) in [7, 11) is 1.34. The molecule has 0 spiro atoms. The van der Waals surface area contributed by atoms with E-state index in [0.29, 0.717) is 11.0 Å². The van der Waals surface area contributed by atoms with Crippen LogP contribution in [-0.4, -0.2) is 34.8 Å². The van der Waals surface area contributed by atoms with Gasteiger partial charge in [-0.2, -0.15) is 0 Å². The number of fused-ring (bicyclic) bond motifs is 1. The standard InChI is InChI=1S/C15H15ClN4O2/c1-9-10-5-4-8-20(14(10)19-18-13(9)16)12-7-3-6-11(17-12)15(21)22-2/h3,6-7H,4-5,8H2,1-2H3. The molecule has 0 amide bonds. The van der Waals surface area contributed by atoms with Gasteiger partial charge < -0.3 is 9.64 Å². The third-order valence-corrected chi connectivity index (χ3v) is 4.09. The van der Waals surface area contributed by atoms with Gasteiger partial charge in [0.05, 0.1) is 7.11 Å². The van der Waals surface area contributed by atoms with Crippen LogP contribution in [0.1, 0.15) is 28.0 Å². The number of hydrogen-bond acceptors (Lipinski definition) is 6. The highest BCUT2D eigenvalue weighted by atomic mass is 35.5. The van der Waals surface area contributed by atoms with Crippen molar-refractivity contribution in [2.45, 2.75) is 19.8 Å². The first-order valence-corrected chi connectivity index (χ1v) is 7.34. The first kappa shape index (κ1) is 14.7. The normalized spacial score (nSPS) is 13.7. The van der Waals surface area contributed by atoms with Crippen molar-refractivity contribution < 1.29 is 9.53 Å². The van der Waals surface area contributed by atoms with Crippen molar-refractivity contribution in [2.75, 3.05) is 18.6 Å². The van der Waals surface area contributed by atoms with Crippen LogP contribution in [0.2, 0.25) is 5.15 Å². The Morgan fingerprint density at radius 2 is 2.18 bits per heavy atom. The van der Waals surface area contributed by atoms with E-state index in [2.05, 4.69) is 15.2 Å². The number of ether oxygens (including phenoxy) is 1.